The topological polar surface area (TPSA) is 49.3 Å². The second-order valence-electron chi connectivity index (χ2n) is 7.47. The van der Waals surface area contributed by atoms with Crippen LogP contribution in [0.2, 0.25) is 0 Å². The predicted molar refractivity (Wildman–Crippen MR) is 77.1 cm³/mol. The van der Waals surface area contributed by atoms with Crippen LogP contribution < -0.4 is 5.32 Å². The number of quaternary nitrogens is 1. The van der Waals surface area contributed by atoms with Crippen LogP contribution in [0.15, 0.2) is 0 Å². The van der Waals surface area contributed by atoms with Crippen LogP contribution in [0.25, 0.3) is 0 Å². The van der Waals surface area contributed by atoms with Crippen molar-refractivity contribution in [3.8, 4) is 0 Å². The molecule has 0 saturated heterocycles. The van der Waals surface area contributed by atoms with Crippen LogP contribution >= 0.6 is 0 Å². The molecule has 35 heavy (non-hydrogen) atoms. The zero-order valence-electron chi connectivity index (χ0n) is 16.8. The van der Waals surface area contributed by atoms with E-state index in [1.54, 1.807) is 0 Å². The van der Waals surface area contributed by atoms with Crippen LogP contribution in [0.1, 0.15) is 6.42 Å². The fraction of sp³-hybridized carbons (Fsp3) is 0.929. The van der Waals surface area contributed by atoms with Gasteiger partial charge >= 0.3 is 47.6 Å². The molecule has 2 N–H and O–H groups in total. The minimum atomic E-state index is -8.75. The van der Waals surface area contributed by atoms with Crippen LogP contribution in [-0.2, 0) is 4.79 Å². The van der Waals surface area contributed by atoms with E-state index in [4.69, 9.17) is 0 Å². The standard InChI is InChI=1S/C14H13F17N2O2/c1-33(2,35)5-3-4-32-6(34)7(15,16)8(17,18)9(19,20)10(21,22)11(23,24)12(25,26)13(27,28)14(29,30)31/h35H,3-5H2,1-2H3/p+1. The van der Waals surface area contributed by atoms with Crippen molar-refractivity contribution in [2.45, 2.75) is 54.1 Å². The molecule has 0 aliphatic carbocycles. The monoisotopic (exact) mass is 565 g/mol. The zero-order valence-corrected chi connectivity index (χ0v) is 16.8. The number of carbonyl (C=O) groups excluding carboxylic acids is 1. The summed E-state index contributed by atoms with van der Waals surface area (Å²) in [6.07, 6.45) is -8.42. The molecule has 0 unspecified atom stereocenters. The average molecular weight is 565 g/mol. The van der Waals surface area contributed by atoms with E-state index in [9.17, 15) is 84.6 Å². The van der Waals surface area contributed by atoms with Crippen molar-refractivity contribution in [3.63, 3.8) is 0 Å². The molecular formula is C14H14F17N2O2+. The summed E-state index contributed by atoms with van der Waals surface area (Å²) in [4.78, 5) is 11.2. The van der Waals surface area contributed by atoms with Crippen LogP contribution in [0, 0.1) is 0 Å². The molecule has 210 valence electrons. The van der Waals surface area contributed by atoms with Gasteiger partial charge in [-0.25, -0.2) is 5.21 Å². The Balaban J connectivity index is 6.33. The maximum absolute atomic E-state index is 13.6. The lowest BCUT2D eigenvalue weighted by atomic mass is 9.89. The molecule has 0 aliphatic rings. The van der Waals surface area contributed by atoms with Gasteiger partial charge in [-0.15, -0.1) is 0 Å². The lowest BCUT2D eigenvalue weighted by Gasteiger charge is -2.42. The van der Waals surface area contributed by atoms with E-state index < -0.39 is 77.7 Å². The summed E-state index contributed by atoms with van der Waals surface area (Å²) >= 11 is 0. The number of hydroxylamine groups is 3. The Kier molecular flexibility index (Phi) is 8.48. The second-order valence-corrected chi connectivity index (χ2v) is 7.47. The third kappa shape index (κ3) is 5.19. The van der Waals surface area contributed by atoms with Gasteiger partial charge in [0.25, 0.3) is 5.91 Å². The Morgan fingerprint density at radius 2 is 0.943 bits per heavy atom. The van der Waals surface area contributed by atoms with Crippen LogP contribution in [0.5, 0.6) is 0 Å². The van der Waals surface area contributed by atoms with E-state index in [1.807, 2.05) is 0 Å². The zero-order chi connectivity index (χ0) is 28.9. The van der Waals surface area contributed by atoms with Crippen molar-refractivity contribution >= 4 is 5.91 Å². The quantitative estimate of drug-likeness (QED) is 0.161. The van der Waals surface area contributed by atoms with Gasteiger partial charge in [0.15, 0.2) is 0 Å². The Morgan fingerprint density at radius 1 is 0.629 bits per heavy atom. The fourth-order valence-corrected chi connectivity index (χ4v) is 2.09. The molecule has 0 radical (unpaired) electrons. The molecule has 1 amide bonds. The average Bonchev–Trinajstić information content (AvgIpc) is 2.62. The highest BCUT2D eigenvalue weighted by atomic mass is 19.4. The number of hydrogen-bond donors (Lipinski definition) is 2. The molecule has 0 atom stereocenters. The van der Waals surface area contributed by atoms with E-state index in [2.05, 4.69) is 0 Å². The fourth-order valence-electron chi connectivity index (χ4n) is 2.09. The molecule has 0 aromatic carbocycles. The number of rotatable bonds is 11. The van der Waals surface area contributed by atoms with E-state index >= 15 is 0 Å². The van der Waals surface area contributed by atoms with Gasteiger partial charge in [0, 0.05) is 13.0 Å². The van der Waals surface area contributed by atoms with Gasteiger partial charge in [-0.05, 0) is 0 Å². The number of amides is 1. The molecule has 0 aromatic heterocycles. The summed E-state index contributed by atoms with van der Waals surface area (Å²) < 4.78 is 222. The summed E-state index contributed by atoms with van der Waals surface area (Å²) in [7, 11) is 2.09. The molecular weight excluding hydrogens is 551 g/mol. The molecule has 0 bridgehead atoms. The lowest BCUT2D eigenvalue weighted by Crippen LogP contribution is -2.75. The normalized spacial score (nSPS) is 15.9. The maximum Gasteiger partial charge on any atom is 0.460 e. The Bertz CT molecular complexity index is 770. The molecule has 4 nitrogen and oxygen atoms in total. The first kappa shape index (κ1) is 33.2. The van der Waals surface area contributed by atoms with Gasteiger partial charge in [0.2, 0.25) is 0 Å². The molecule has 0 aromatic rings. The van der Waals surface area contributed by atoms with Crippen LogP contribution in [0.3, 0.4) is 0 Å². The highest BCUT2D eigenvalue weighted by Crippen LogP contribution is 2.63. The van der Waals surface area contributed by atoms with Gasteiger partial charge in [-0.3, -0.25) is 4.79 Å². The van der Waals surface area contributed by atoms with Crippen molar-refractivity contribution in [1.82, 2.24) is 5.32 Å². The van der Waals surface area contributed by atoms with Crippen molar-refractivity contribution < 1.29 is 89.3 Å². The van der Waals surface area contributed by atoms with Crippen molar-refractivity contribution in [2.24, 2.45) is 0 Å². The minimum absolute atomic E-state index is 0.439. The smallest absolute Gasteiger partial charge is 0.350 e. The number of hydrogen-bond acceptors (Lipinski definition) is 2. The first-order valence-electron chi connectivity index (χ1n) is 8.43. The van der Waals surface area contributed by atoms with Gasteiger partial charge in [-0.2, -0.15) is 79.3 Å². The van der Waals surface area contributed by atoms with E-state index in [0.29, 0.717) is 0 Å². The second kappa shape index (κ2) is 8.94. The first-order chi connectivity index (χ1) is 14.9. The molecule has 21 heteroatoms. The third-order valence-corrected chi connectivity index (χ3v) is 4.17. The summed E-state index contributed by atoms with van der Waals surface area (Å²) in [6, 6.07) is 0. The summed E-state index contributed by atoms with van der Waals surface area (Å²) in [5, 5.41) is 10.0. The SMILES string of the molecule is C[N+](C)(O)CCCNC(=O)C(F)(F)C(F)(F)C(F)(F)C(F)(F)C(F)(F)C(F)(F)C(F)(F)C(F)(F)F. The van der Waals surface area contributed by atoms with Crippen molar-refractivity contribution in [1.29, 1.82) is 0 Å². The summed E-state index contributed by atoms with van der Waals surface area (Å²) in [6.45, 7) is -1.61. The number of carbonyl (C=O) groups is 1. The Labute approximate surface area is 183 Å². The van der Waals surface area contributed by atoms with E-state index in [0.717, 1.165) is 19.4 Å². The van der Waals surface area contributed by atoms with Crippen molar-refractivity contribution in [2.75, 3.05) is 27.2 Å². The number of halogens is 17. The van der Waals surface area contributed by atoms with Crippen molar-refractivity contribution in [3.05, 3.63) is 0 Å². The van der Waals surface area contributed by atoms with Gasteiger partial charge in [0.1, 0.15) is 6.54 Å². The Morgan fingerprint density at radius 3 is 1.26 bits per heavy atom. The van der Waals surface area contributed by atoms with Crippen LogP contribution in [0.4, 0.5) is 74.6 Å². The van der Waals surface area contributed by atoms with E-state index in [-0.39, 0.29) is 0 Å². The molecule has 0 heterocycles. The van der Waals surface area contributed by atoms with Crippen LogP contribution in [-0.4, -0.2) is 90.6 Å². The highest BCUT2D eigenvalue weighted by molar-refractivity contribution is 5.84. The molecule has 0 rings (SSSR count). The largest absolute Gasteiger partial charge is 0.460 e. The number of nitrogens with one attached hydrogen (secondary N) is 1. The number of alkyl halides is 17. The molecule has 0 spiro atoms. The van der Waals surface area contributed by atoms with Gasteiger partial charge in [-0.1, -0.05) is 0 Å². The molecule has 0 fully saturated rings. The van der Waals surface area contributed by atoms with Gasteiger partial charge in [0.05, 0.1) is 14.1 Å². The highest BCUT2D eigenvalue weighted by Gasteiger charge is 2.95. The maximum atomic E-state index is 13.6. The van der Waals surface area contributed by atoms with E-state index in [1.165, 1.54) is 0 Å². The Hall–Kier alpha value is -1.80. The van der Waals surface area contributed by atoms with Gasteiger partial charge < -0.3 is 5.32 Å². The number of nitrogens with zero attached hydrogens (tertiary/aromatic N) is 1. The molecule has 0 aliphatic heterocycles. The summed E-state index contributed by atoms with van der Waals surface area (Å²) in [5.74, 6) is -61.6. The first-order valence-corrected chi connectivity index (χ1v) is 8.43. The predicted octanol–water partition coefficient (Wildman–Crippen LogP) is 4.97. The molecule has 0 saturated carbocycles. The summed E-state index contributed by atoms with van der Waals surface area (Å²) in [5.41, 5.74) is 0. The third-order valence-electron chi connectivity index (χ3n) is 4.17. The lowest BCUT2D eigenvalue weighted by molar-refractivity contribution is -1.07. The minimum Gasteiger partial charge on any atom is -0.350 e.